The van der Waals surface area contributed by atoms with Crippen LogP contribution in [-0.4, -0.2) is 35.7 Å². The molecule has 1 atom stereocenters. The zero-order valence-electron chi connectivity index (χ0n) is 13.6. The average molecular weight is 369 g/mol. The average Bonchev–Trinajstić information content (AvgIpc) is 2.44. The Balaban J connectivity index is 1.96. The Hall–Kier alpha value is -1.23. The highest BCUT2D eigenvalue weighted by Gasteiger charge is 2.30. The van der Waals surface area contributed by atoms with Gasteiger partial charge in [0.05, 0.1) is 6.04 Å². The molecule has 2 rings (SSSR count). The molecule has 4 nitrogen and oxygen atoms in total. The van der Waals surface area contributed by atoms with Gasteiger partial charge in [-0.25, -0.2) is 4.79 Å². The molecule has 1 aromatic carbocycles. The maximum absolute atomic E-state index is 12.4. The molecule has 1 N–H and O–H groups in total. The van der Waals surface area contributed by atoms with E-state index in [9.17, 15) is 4.79 Å². The highest BCUT2D eigenvalue weighted by atomic mass is 79.9. The summed E-state index contributed by atoms with van der Waals surface area (Å²) in [6, 6.07) is 8.26. The molecule has 1 aliphatic heterocycles. The lowest BCUT2D eigenvalue weighted by atomic mass is 10.0. The van der Waals surface area contributed by atoms with Crippen molar-refractivity contribution >= 4 is 27.7 Å². The van der Waals surface area contributed by atoms with Gasteiger partial charge in [0.2, 0.25) is 0 Å². The van der Waals surface area contributed by atoms with Crippen molar-refractivity contribution in [3.05, 3.63) is 28.7 Å². The van der Waals surface area contributed by atoms with Gasteiger partial charge in [-0.3, -0.25) is 0 Å². The van der Waals surface area contributed by atoms with Crippen LogP contribution in [-0.2, 0) is 4.74 Å². The number of ether oxygens (including phenoxy) is 1. The standard InChI is InChI=1S/C17H25BrN2O2/c1-17(2,3)22-16(21)20-10-5-4-9-15(20)12-19-14-8-6-7-13(18)11-14/h6-8,11,15,19H,4-5,9-10,12H2,1-3H3. The zero-order valence-corrected chi connectivity index (χ0v) is 15.1. The number of rotatable bonds is 3. The molecule has 122 valence electrons. The summed E-state index contributed by atoms with van der Waals surface area (Å²) in [4.78, 5) is 14.2. The van der Waals surface area contributed by atoms with Gasteiger partial charge in [0.1, 0.15) is 5.60 Å². The molecule has 0 aliphatic carbocycles. The first-order valence-electron chi connectivity index (χ1n) is 7.84. The SMILES string of the molecule is CC(C)(C)OC(=O)N1CCCCC1CNc1cccc(Br)c1. The molecule has 1 aromatic rings. The molecule has 22 heavy (non-hydrogen) atoms. The highest BCUT2D eigenvalue weighted by molar-refractivity contribution is 9.10. The number of nitrogens with zero attached hydrogens (tertiary/aromatic N) is 1. The first kappa shape index (κ1) is 17.1. The number of likely N-dealkylation sites (tertiary alicyclic amines) is 1. The predicted octanol–water partition coefficient (Wildman–Crippen LogP) is 4.65. The van der Waals surface area contributed by atoms with Crippen LogP contribution < -0.4 is 5.32 Å². The van der Waals surface area contributed by atoms with Gasteiger partial charge in [-0.2, -0.15) is 0 Å². The topological polar surface area (TPSA) is 41.6 Å². The number of carbonyl (C=O) groups is 1. The van der Waals surface area contributed by atoms with Crippen LogP contribution in [0.4, 0.5) is 10.5 Å². The fraction of sp³-hybridized carbons (Fsp3) is 0.588. The normalized spacial score (nSPS) is 18.9. The fourth-order valence-corrected chi connectivity index (χ4v) is 3.01. The number of hydrogen-bond donors (Lipinski definition) is 1. The Labute approximate surface area is 141 Å². The molecule has 0 aromatic heterocycles. The number of amides is 1. The van der Waals surface area contributed by atoms with Crippen LogP contribution in [0.15, 0.2) is 28.7 Å². The first-order valence-corrected chi connectivity index (χ1v) is 8.63. The smallest absolute Gasteiger partial charge is 0.410 e. The number of halogens is 1. The summed E-state index contributed by atoms with van der Waals surface area (Å²) in [5.74, 6) is 0. The molecule has 1 fully saturated rings. The third kappa shape index (κ3) is 5.20. The van der Waals surface area contributed by atoms with E-state index in [1.165, 1.54) is 0 Å². The van der Waals surface area contributed by atoms with E-state index in [-0.39, 0.29) is 12.1 Å². The number of nitrogens with one attached hydrogen (secondary N) is 1. The van der Waals surface area contributed by atoms with E-state index in [2.05, 4.69) is 21.2 Å². The Morgan fingerprint density at radius 3 is 2.86 bits per heavy atom. The van der Waals surface area contributed by atoms with Crippen LogP contribution in [0.5, 0.6) is 0 Å². The summed E-state index contributed by atoms with van der Waals surface area (Å²) in [6.45, 7) is 7.24. The van der Waals surface area contributed by atoms with Crippen LogP contribution in [0.1, 0.15) is 40.0 Å². The number of piperidine rings is 1. The monoisotopic (exact) mass is 368 g/mol. The van der Waals surface area contributed by atoms with Gasteiger partial charge < -0.3 is 15.0 Å². The van der Waals surface area contributed by atoms with Gasteiger partial charge in [-0.15, -0.1) is 0 Å². The molecule has 1 amide bonds. The Kier molecular flexibility index (Phi) is 5.73. The van der Waals surface area contributed by atoms with Crippen molar-refractivity contribution < 1.29 is 9.53 Å². The first-order chi connectivity index (χ1) is 10.3. The van der Waals surface area contributed by atoms with Crippen molar-refractivity contribution in [1.29, 1.82) is 0 Å². The number of carbonyl (C=O) groups excluding carboxylic acids is 1. The number of hydrogen-bond acceptors (Lipinski definition) is 3. The van der Waals surface area contributed by atoms with Crippen molar-refractivity contribution in [2.75, 3.05) is 18.4 Å². The summed E-state index contributed by atoms with van der Waals surface area (Å²) >= 11 is 3.47. The van der Waals surface area contributed by atoms with Gasteiger partial charge >= 0.3 is 6.09 Å². The Morgan fingerprint density at radius 1 is 1.41 bits per heavy atom. The minimum Gasteiger partial charge on any atom is -0.444 e. The summed E-state index contributed by atoms with van der Waals surface area (Å²) in [5.41, 5.74) is 0.612. The number of benzene rings is 1. The van der Waals surface area contributed by atoms with Crippen molar-refractivity contribution in [3.8, 4) is 0 Å². The molecule has 5 heteroatoms. The van der Waals surface area contributed by atoms with Gasteiger partial charge in [-0.05, 0) is 58.2 Å². The van der Waals surface area contributed by atoms with Crippen LogP contribution >= 0.6 is 15.9 Å². The Morgan fingerprint density at radius 2 is 2.18 bits per heavy atom. The minimum atomic E-state index is -0.448. The van der Waals surface area contributed by atoms with E-state index < -0.39 is 5.60 Å². The van der Waals surface area contributed by atoms with E-state index in [0.717, 1.165) is 42.5 Å². The molecule has 0 saturated carbocycles. The predicted molar refractivity (Wildman–Crippen MR) is 93.2 cm³/mol. The third-order valence-corrected chi connectivity index (χ3v) is 4.11. The van der Waals surface area contributed by atoms with Crippen LogP contribution in [0, 0.1) is 0 Å². The summed E-state index contributed by atoms with van der Waals surface area (Å²) in [6.07, 6.45) is 3.02. The van der Waals surface area contributed by atoms with Crippen molar-refractivity contribution in [1.82, 2.24) is 4.90 Å². The quantitative estimate of drug-likeness (QED) is 0.843. The van der Waals surface area contributed by atoms with Gasteiger partial charge in [0, 0.05) is 23.2 Å². The third-order valence-electron chi connectivity index (χ3n) is 3.62. The lowest BCUT2D eigenvalue weighted by molar-refractivity contribution is 0.0114. The van der Waals surface area contributed by atoms with E-state index in [1.54, 1.807) is 0 Å². The van der Waals surface area contributed by atoms with E-state index >= 15 is 0 Å². The molecule has 0 bridgehead atoms. The van der Waals surface area contributed by atoms with E-state index in [0.29, 0.717) is 0 Å². The molecule has 1 heterocycles. The molecule has 0 spiro atoms. The van der Waals surface area contributed by atoms with Gasteiger partial charge in [0.15, 0.2) is 0 Å². The van der Waals surface area contributed by atoms with Gasteiger partial charge in [0.25, 0.3) is 0 Å². The summed E-state index contributed by atoms with van der Waals surface area (Å²) < 4.78 is 6.58. The molecule has 0 radical (unpaired) electrons. The largest absolute Gasteiger partial charge is 0.444 e. The van der Waals surface area contributed by atoms with Crippen LogP contribution in [0.25, 0.3) is 0 Å². The minimum absolute atomic E-state index is 0.183. The van der Waals surface area contributed by atoms with E-state index in [4.69, 9.17) is 4.74 Å². The summed E-state index contributed by atoms with van der Waals surface area (Å²) in [5, 5.41) is 3.42. The van der Waals surface area contributed by atoms with Gasteiger partial charge in [-0.1, -0.05) is 22.0 Å². The van der Waals surface area contributed by atoms with E-state index in [1.807, 2.05) is 49.9 Å². The number of anilines is 1. The van der Waals surface area contributed by atoms with Crippen molar-refractivity contribution in [2.45, 2.75) is 51.7 Å². The molecular formula is C17H25BrN2O2. The lowest BCUT2D eigenvalue weighted by Crippen LogP contribution is -2.48. The van der Waals surface area contributed by atoms with Crippen LogP contribution in [0.2, 0.25) is 0 Å². The Bertz CT molecular complexity index is 514. The molecular weight excluding hydrogens is 344 g/mol. The molecule has 1 unspecified atom stereocenters. The molecule has 1 aliphatic rings. The second-order valence-corrected chi connectivity index (χ2v) is 7.63. The maximum Gasteiger partial charge on any atom is 0.410 e. The van der Waals surface area contributed by atoms with Crippen molar-refractivity contribution in [3.63, 3.8) is 0 Å². The second-order valence-electron chi connectivity index (χ2n) is 6.71. The zero-order chi connectivity index (χ0) is 16.2. The van der Waals surface area contributed by atoms with Crippen LogP contribution in [0.3, 0.4) is 0 Å². The van der Waals surface area contributed by atoms with Crippen molar-refractivity contribution in [2.24, 2.45) is 0 Å². The fourth-order valence-electron chi connectivity index (χ4n) is 2.61. The lowest BCUT2D eigenvalue weighted by Gasteiger charge is -2.37. The second kappa shape index (κ2) is 7.36. The molecule has 1 saturated heterocycles. The summed E-state index contributed by atoms with van der Waals surface area (Å²) in [7, 11) is 0. The highest BCUT2D eigenvalue weighted by Crippen LogP contribution is 2.22. The maximum atomic E-state index is 12.4.